The van der Waals surface area contributed by atoms with E-state index in [1.165, 1.54) is 23.8 Å². The maximum absolute atomic E-state index is 15.3. The van der Waals surface area contributed by atoms with Crippen LogP contribution in [0.25, 0.3) is 0 Å². The number of carboxylic acids is 1. The molecule has 0 saturated carbocycles. The Hall–Kier alpha value is -2.69. The molecule has 40 heavy (non-hydrogen) atoms. The molecule has 1 aromatic heterocycles. The second-order valence-electron chi connectivity index (χ2n) is 11.2. The number of anilines is 1. The van der Waals surface area contributed by atoms with Crippen LogP contribution in [0.2, 0.25) is 0 Å². The number of aryl methyl sites for hydroxylation is 2. The fraction of sp³-hybridized carbons (Fsp3) is 0.600. The van der Waals surface area contributed by atoms with Gasteiger partial charge in [-0.1, -0.05) is 12.1 Å². The summed E-state index contributed by atoms with van der Waals surface area (Å²) in [5.74, 6) is -4.72. The van der Waals surface area contributed by atoms with E-state index in [0.717, 1.165) is 37.3 Å². The largest absolute Gasteiger partial charge is 0.480 e. The summed E-state index contributed by atoms with van der Waals surface area (Å²) in [7, 11) is 0. The van der Waals surface area contributed by atoms with Crippen molar-refractivity contribution in [1.29, 1.82) is 0 Å². The van der Waals surface area contributed by atoms with Crippen LogP contribution < -0.4 is 5.32 Å². The number of fused-ring (bicyclic) bond motifs is 1. The number of carboxylic acid groups (broad SMARTS) is 1. The zero-order valence-electron chi connectivity index (χ0n) is 22.7. The molecule has 3 aliphatic rings. The van der Waals surface area contributed by atoms with Crippen LogP contribution in [-0.2, 0) is 33.7 Å². The first-order valence-corrected chi connectivity index (χ1v) is 14.3. The van der Waals surface area contributed by atoms with Crippen molar-refractivity contribution in [2.75, 3.05) is 38.2 Å². The summed E-state index contributed by atoms with van der Waals surface area (Å²) in [6.07, 6.45) is 4.27. The van der Waals surface area contributed by atoms with Gasteiger partial charge >= 0.3 is 5.97 Å². The maximum Gasteiger partial charge on any atom is 0.325 e. The van der Waals surface area contributed by atoms with Crippen molar-refractivity contribution < 1.29 is 32.5 Å². The van der Waals surface area contributed by atoms with Crippen molar-refractivity contribution in [3.05, 3.63) is 58.5 Å². The van der Waals surface area contributed by atoms with Gasteiger partial charge in [0.15, 0.2) is 0 Å². The molecular weight excluding hydrogens is 523 g/mol. The number of aromatic nitrogens is 1. The number of unbranched alkanes of at least 4 members (excludes halogenated alkanes) is 1. The van der Waals surface area contributed by atoms with Crippen LogP contribution in [0, 0.1) is 11.7 Å². The third-order valence-electron chi connectivity index (χ3n) is 8.33. The van der Waals surface area contributed by atoms with Crippen LogP contribution in [0.15, 0.2) is 30.3 Å². The molecule has 10 heteroatoms. The molecule has 0 aliphatic carbocycles. The number of hydrogen-bond donors (Lipinski definition) is 2. The van der Waals surface area contributed by atoms with Crippen molar-refractivity contribution >= 4 is 11.8 Å². The van der Waals surface area contributed by atoms with Gasteiger partial charge in [0, 0.05) is 37.7 Å². The first kappa shape index (κ1) is 28.8. The number of pyridine rings is 1. The van der Waals surface area contributed by atoms with E-state index >= 15 is 8.78 Å². The minimum atomic E-state index is -2.92. The van der Waals surface area contributed by atoms with Gasteiger partial charge in [-0.05, 0) is 86.4 Å². The van der Waals surface area contributed by atoms with E-state index in [4.69, 9.17) is 9.47 Å². The maximum atomic E-state index is 15.3. The van der Waals surface area contributed by atoms with Gasteiger partial charge in [-0.25, -0.2) is 18.2 Å². The quantitative estimate of drug-likeness (QED) is 0.337. The van der Waals surface area contributed by atoms with E-state index < -0.39 is 29.7 Å². The lowest BCUT2D eigenvalue weighted by Crippen LogP contribution is -2.36. The Labute approximate surface area is 233 Å². The highest BCUT2D eigenvalue weighted by molar-refractivity contribution is 5.76. The summed E-state index contributed by atoms with van der Waals surface area (Å²) in [5, 5.41) is 13.4. The smallest absolute Gasteiger partial charge is 0.325 e. The number of carbonyl (C=O) groups is 1. The van der Waals surface area contributed by atoms with E-state index in [1.807, 2.05) is 6.07 Å². The van der Waals surface area contributed by atoms with Gasteiger partial charge in [0.2, 0.25) is 0 Å². The first-order valence-electron chi connectivity index (χ1n) is 14.3. The number of alkyl halides is 2. The predicted molar refractivity (Wildman–Crippen MR) is 144 cm³/mol. The second kappa shape index (κ2) is 12.9. The highest BCUT2D eigenvalue weighted by Gasteiger charge is 2.45. The minimum Gasteiger partial charge on any atom is -0.480 e. The molecule has 3 atom stereocenters. The fourth-order valence-electron chi connectivity index (χ4n) is 6.04. The monoisotopic (exact) mass is 561 g/mol. The fourth-order valence-corrected chi connectivity index (χ4v) is 6.04. The van der Waals surface area contributed by atoms with Gasteiger partial charge in [-0.2, -0.15) is 0 Å². The highest BCUT2D eigenvalue weighted by atomic mass is 19.3. The molecule has 218 valence electrons. The molecular formula is C30H38F3N3O4. The zero-order chi connectivity index (χ0) is 28.1. The summed E-state index contributed by atoms with van der Waals surface area (Å²) in [5.41, 5.74) is 2.90. The number of likely N-dealkylation sites (tertiary alicyclic amines) is 1. The van der Waals surface area contributed by atoms with E-state index in [-0.39, 0.29) is 44.2 Å². The molecule has 2 saturated heterocycles. The lowest BCUT2D eigenvalue weighted by atomic mass is 9.94. The standard InChI is InChI=1S/C30H38F3N3O4/c31-23-8-6-21(18-40-25-11-15-39-19-25)26(16-23)27(29(37)38)36-14-10-22(17-36)30(32,33)12-2-1-5-24-9-7-20-4-3-13-34-28(20)35-24/h6-9,16,22,25,27H,1-5,10-15,17-19H2,(H,34,35)(H,37,38)/t22-,25+,27?/m1/s1. The molecule has 0 radical (unpaired) electrons. The number of benzene rings is 1. The molecule has 0 amide bonds. The van der Waals surface area contributed by atoms with E-state index in [0.29, 0.717) is 38.0 Å². The topological polar surface area (TPSA) is 83.9 Å². The molecule has 7 nitrogen and oxygen atoms in total. The first-order chi connectivity index (χ1) is 19.3. The van der Waals surface area contributed by atoms with Gasteiger partial charge < -0.3 is 19.9 Å². The predicted octanol–water partition coefficient (Wildman–Crippen LogP) is 5.38. The Bertz CT molecular complexity index is 1170. The summed E-state index contributed by atoms with van der Waals surface area (Å²) in [6, 6.07) is 6.81. The molecule has 0 spiro atoms. The number of nitrogens with one attached hydrogen (secondary N) is 1. The molecule has 5 rings (SSSR count). The average Bonchev–Trinajstić information content (AvgIpc) is 3.64. The summed E-state index contributed by atoms with van der Waals surface area (Å²) >= 11 is 0. The van der Waals surface area contributed by atoms with Crippen LogP contribution in [0.4, 0.5) is 19.0 Å². The van der Waals surface area contributed by atoms with E-state index in [9.17, 15) is 14.3 Å². The van der Waals surface area contributed by atoms with Crippen LogP contribution in [-0.4, -0.2) is 65.8 Å². The van der Waals surface area contributed by atoms with Crippen molar-refractivity contribution in [1.82, 2.24) is 9.88 Å². The van der Waals surface area contributed by atoms with E-state index in [1.54, 1.807) is 4.90 Å². The van der Waals surface area contributed by atoms with Crippen LogP contribution >= 0.6 is 0 Å². The van der Waals surface area contributed by atoms with Crippen LogP contribution in [0.3, 0.4) is 0 Å². The minimum absolute atomic E-state index is 0.0602. The Morgan fingerprint density at radius 3 is 2.92 bits per heavy atom. The van der Waals surface area contributed by atoms with Crippen molar-refractivity contribution in [2.24, 2.45) is 5.92 Å². The second-order valence-corrected chi connectivity index (χ2v) is 11.2. The average molecular weight is 562 g/mol. The molecule has 4 heterocycles. The van der Waals surface area contributed by atoms with Crippen molar-refractivity contribution in [2.45, 2.75) is 76.0 Å². The molecule has 0 bridgehead atoms. The number of hydrogen-bond acceptors (Lipinski definition) is 6. The zero-order valence-corrected chi connectivity index (χ0v) is 22.7. The van der Waals surface area contributed by atoms with Gasteiger partial charge in [0.25, 0.3) is 5.92 Å². The lowest BCUT2D eigenvalue weighted by molar-refractivity contribution is -0.143. The molecule has 1 unspecified atom stereocenters. The Kier molecular flexibility index (Phi) is 9.27. The summed E-state index contributed by atoms with van der Waals surface area (Å²) in [6.45, 7) is 2.22. The lowest BCUT2D eigenvalue weighted by Gasteiger charge is -2.28. The number of rotatable bonds is 12. The van der Waals surface area contributed by atoms with Crippen molar-refractivity contribution in [3.63, 3.8) is 0 Å². The van der Waals surface area contributed by atoms with Gasteiger partial charge in [-0.3, -0.25) is 9.69 Å². The Balaban J connectivity index is 1.17. The molecule has 3 aliphatic heterocycles. The van der Waals surface area contributed by atoms with Crippen molar-refractivity contribution in [3.8, 4) is 0 Å². The van der Waals surface area contributed by atoms with Gasteiger partial charge in [-0.15, -0.1) is 0 Å². The van der Waals surface area contributed by atoms with Gasteiger partial charge in [0.1, 0.15) is 17.7 Å². The normalized spacial score (nSPS) is 22.2. The van der Waals surface area contributed by atoms with E-state index in [2.05, 4.69) is 16.4 Å². The molecule has 2 N–H and O–H groups in total. The molecule has 2 aromatic rings. The Morgan fingerprint density at radius 1 is 1.25 bits per heavy atom. The third kappa shape index (κ3) is 6.95. The number of ether oxygens (including phenoxy) is 2. The summed E-state index contributed by atoms with van der Waals surface area (Å²) in [4.78, 5) is 18.6. The summed E-state index contributed by atoms with van der Waals surface area (Å²) < 4.78 is 56.0. The third-order valence-corrected chi connectivity index (χ3v) is 8.33. The number of halogens is 3. The highest BCUT2D eigenvalue weighted by Crippen LogP contribution is 2.40. The van der Waals surface area contributed by atoms with Gasteiger partial charge in [0.05, 0.1) is 19.3 Å². The van der Waals surface area contributed by atoms with Crippen LogP contribution in [0.1, 0.15) is 67.0 Å². The molecule has 2 fully saturated rings. The molecule has 1 aromatic carbocycles. The SMILES string of the molecule is O=C(O)C(c1cc(F)ccc1CO[C@H]1CCOC1)N1CC[C@@H](C(F)(F)CCCCc2ccc3c(n2)NCCC3)C1. The number of aliphatic carboxylic acids is 1. The number of nitrogens with zero attached hydrogens (tertiary/aromatic N) is 2. The van der Waals surface area contributed by atoms with Crippen LogP contribution in [0.5, 0.6) is 0 Å². The Morgan fingerprint density at radius 2 is 2.12 bits per heavy atom.